The van der Waals surface area contributed by atoms with Crippen molar-refractivity contribution in [3.8, 4) is 5.69 Å². The van der Waals surface area contributed by atoms with Gasteiger partial charge in [-0.3, -0.25) is 14.7 Å². The summed E-state index contributed by atoms with van der Waals surface area (Å²) < 4.78 is 2.30. The van der Waals surface area contributed by atoms with E-state index in [4.69, 9.17) is 4.99 Å². The maximum absolute atomic E-state index is 13.8. The average Bonchev–Trinajstić information content (AvgIpc) is 3.34. The number of thioether (sulfide) groups is 1. The van der Waals surface area contributed by atoms with E-state index in [2.05, 4.69) is 66.6 Å². The number of hydrogen-bond donors (Lipinski definition) is 0. The first-order valence-corrected chi connectivity index (χ1v) is 14.5. The summed E-state index contributed by atoms with van der Waals surface area (Å²) in [5.74, 6) is 0.161. The smallest absolute Gasteiger partial charge is 0.267 e. The molecule has 0 unspecified atom stereocenters. The van der Waals surface area contributed by atoms with Crippen molar-refractivity contribution in [1.82, 2.24) is 9.47 Å². The predicted molar refractivity (Wildman–Crippen MR) is 148 cm³/mol. The Morgan fingerprint density at radius 1 is 0.971 bits per heavy atom. The molecule has 2 aliphatic carbocycles. The van der Waals surface area contributed by atoms with Gasteiger partial charge in [0.05, 0.1) is 10.9 Å². The summed E-state index contributed by atoms with van der Waals surface area (Å²) in [6.45, 7) is 6.49. The second kappa shape index (κ2) is 10.8. The highest BCUT2D eigenvalue weighted by atomic mass is 32.2. The molecule has 2 aromatic rings. The maximum Gasteiger partial charge on any atom is 0.267 e. The van der Waals surface area contributed by atoms with E-state index in [1.54, 1.807) is 11.8 Å². The summed E-state index contributed by atoms with van der Waals surface area (Å²) in [5.41, 5.74) is 6.01. The van der Waals surface area contributed by atoms with Crippen LogP contribution in [-0.4, -0.2) is 32.6 Å². The van der Waals surface area contributed by atoms with E-state index in [1.807, 2.05) is 0 Å². The average molecular weight is 490 g/mol. The first-order valence-electron chi connectivity index (χ1n) is 13.6. The number of aromatic nitrogens is 1. The number of aliphatic imine (C=N–C) groups is 1. The molecule has 1 aromatic heterocycles. The van der Waals surface area contributed by atoms with Crippen LogP contribution in [-0.2, 0) is 11.2 Å². The van der Waals surface area contributed by atoms with E-state index in [-0.39, 0.29) is 5.91 Å². The zero-order chi connectivity index (χ0) is 24.4. The minimum Gasteiger partial charge on any atom is -0.318 e. The first-order chi connectivity index (χ1) is 17.0. The number of amidine groups is 1. The molecule has 0 N–H and O–H groups in total. The molecule has 3 aliphatic rings. The van der Waals surface area contributed by atoms with Gasteiger partial charge in [0.15, 0.2) is 5.17 Å². The molecule has 0 bridgehead atoms. The van der Waals surface area contributed by atoms with Gasteiger partial charge in [-0.2, -0.15) is 0 Å². The monoisotopic (exact) mass is 489 g/mol. The molecule has 0 spiro atoms. The number of nitrogens with zero attached hydrogens (tertiary/aromatic N) is 3. The fourth-order valence-electron chi connectivity index (χ4n) is 5.96. The molecule has 4 nitrogen and oxygen atoms in total. The van der Waals surface area contributed by atoms with Crippen LogP contribution >= 0.6 is 11.8 Å². The number of carbonyl (C=O) groups excluding carboxylic acids is 1. The predicted octanol–water partition coefficient (Wildman–Crippen LogP) is 7.59. The van der Waals surface area contributed by atoms with Crippen LogP contribution in [0.2, 0.25) is 0 Å². The van der Waals surface area contributed by atoms with Crippen LogP contribution in [0.1, 0.15) is 93.6 Å². The lowest BCUT2D eigenvalue weighted by atomic mass is 9.94. The standard InChI is InChI=1S/C30H39N3OS/c1-4-23-15-17-27(18-16-23)32-21(2)19-24(22(32)3)20-28-29(34)33(26-13-9-6-10-14-26)30(35-28)31-25-11-7-5-8-12-25/h15-20,25-26H,4-14H2,1-3H3/b28-20-,31-30?. The Labute approximate surface area is 214 Å². The van der Waals surface area contributed by atoms with Crippen molar-refractivity contribution >= 4 is 28.9 Å². The van der Waals surface area contributed by atoms with Crippen molar-refractivity contribution in [2.75, 3.05) is 0 Å². The van der Waals surface area contributed by atoms with E-state index in [9.17, 15) is 4.79 Å². The van der Waals surface area contributed by atoms with Crippen LogP contribution in [0.25, 0.3) is 11.8 Å². The van der Waals surface area contributed by atoms with Crippen molar-refractivity contribution < 1.29 is 4.79 Å². The van der Waals surface area contributed by atoms with Crippen LogP contribution in [0.15, 0.2) is 40.2 Å². The zero-order valence-electron chi connectivity index (χ0n) is 21.6. The number of aryl methyl sites for hydroxylation is 2. The largest absolute Gasteiger partial charge is 0.318 e. The highest BCUT2D eigenvalue weighted by molar-refractivity contribution is 8.18. The third-order valence-corrected chi connectivity index (χ3v) is 9.00. The lowest BCUT2D eigenvalue weighted by Crippen LogP contribution is -2.41. The highest BCUT2D eigenvalue weighted by Crippen LogP contribution is 2.39. The van der Waals surface area contributed by atoms with E-state index in [0.29, 0.717) is 12.1 Å². The molecule has 5 heteroatoms. The van der Waals surface area contributed by atoms with Crippen LogP contribution in [0.5, 0.6) is 0 Å². The molecule has 5 rings (SSSR count). The molecule has 0 atom stereocenters. The van der Waals surface area contributed by atoms with Crippen LogP contribution < -0.4 is 0 Å². The Bertz CT molecular complexity index is 1120. The Balaban J connectivity index is 1.46. The van der Waals surface area contributed by atoms with Crippen molar-refractivity contribution in [2.45, 2.75) is 103 Å². The third-order valence-electron chi connectivity index (χ3n) is 8.00. The molecule has 186 valence electrons. The van der Waals surface area contributed by atoms with Gasteiger partial charge in [0.2, 0.25) is 0 Å². The second-order valence-electron chi connectivity index (χ2n) is 10.5. The van der Waals surface area contributed by atoms with Gasteiger partial charge in [-0.1, -0.05) is 57.6 Å². The number of hydrogen-bond acceptors (Lipinski definition) is 3. The van der Waals surface area contributed by atoms with E-state index in [0.717, 1.165) is 47.7 Å². The summed E-state index contributed by atoms with van der Waals surface area (Å²) in [7, 11) is 0. The fourth-order valence-corrected chi connectivity index (χ4v) is 7.06. The molecule has 1 aromatic carbocycles. The molecule has 2 saturated carbocycles. The summed E-state index contributed by atoms with van der Waals surface area (Å²) >= 11 is 1.61. The van der Waals surface area contributed by atoms with Gasteiger partial charge in [-0.15, -0.1) is 0 Å². The van der Waals surface area contributed by atoms with Crippen molar-refractivity contribution in [1.29, 1.82) is 0 Å². The summed E-state index contributed by atoms with van der Waals surface area (Å²) in [4.78, 5) is 21.8. The Hall–Kier alpha value is -2.27. The van der Waals surface area contributed by atoms with Crippen LogP contribution in [0, 0.1) is 13.8 Å². The van der Waals surface area contributed by atoms with Crippen LogP contribution in [0.3, 0.4) is 0 Å². The third kappa shape index (κ3) is 5.16. The van der Waals surface area contributed by atoms with Crippen LogP contribution in [0.4, 0.5) is 0 Å². The number of amides is 1. The molecule has 35 heavy (non-hydrogen) atoms. The Morgan fingerprint density at radius 3 is 2.29 bits per heavy atom. The molecular weight excluding hydrogens is 450 g/mol. The maximum atomic E-state index is 13.8. The molecule has 1 aliphatic heterocycles. The molecule has 1 saturated heterocycles. The van der Waals surface area contributed by atoms with Gasteiger partial charge < -0.3 is 4.57 Å². The summed E-state index contributed by atoms with van der Waals surface area (Å²) in [5, 5.41) is 0.962. The molecular formula is C30H39N3OS. The zero-order valence-corrected chi connectivity index (χ0v) is 22.4. The Kier molecular flexibility index (Phi) is 7.52. The molecule has 1 amide bonds. The Morgan fingerprint density at radius 2 is 1.63 bits per heavy atom. The van der Waals surface area contributed by atoms with E-state index < -0.39 is 0 Å². The SMILES string of the molecule is CCc1ccc(-n2c(C)cc(/C=C3\SC(=NC4CCCCC4)N(C4CCCCC4)C3=O)c2C)cc1. The number of carbonyl (C=O) groups is 1. The molecule has 0 radical (unpaired) electrons. The summed E-state index contributed by atoms with van der Waals surface area (Å²) in [6, 6.07) is 11.7. The minimum atomic E-state index is 0.161. The molecule has 3 fully saturated rings. The van der Waals surface area contributed by atoms with Gasteiger partial charge >= 0.3 is 0 Å². The van der Waals surface area contributed by atoms with Crippen molar-refractivity contribution in [2.24, 2.45) is 4.99 Å². The number of benzene rings is 1. The normalized spacial score (nSPS) is 22.6. The topological polar surface area (TPSA) is 37.6 Å². The quantitative estimate of drug-likeness (QED) is 0.406. The number of rotatable bonds is 5. The molecule has 2 heterocycles. The van der Waals surface area contributed by atoms with E-state index in [1.165, 1.54) is 61.2 Å². The lowest BCUT2D eigenvalue weighted by Gasteiger charge is -2.31. The lowest BCUT2D eigenvalue weighted by molar-refractivity contribution is -0.124. The summed E-state index contributed by atoms with van der Waals surface area (Å²) in [6.07, 6.45) is 15.2. The van der Waals surface area contributed by atoms with Crippen molar-refractivity contribution in [3.05, 3.63) is 57.8 Å². The van der Waals surface area contributed by atoms with Gasteiger partial charge in [0.1, 0.15) is 0 Å². The second-order valence-corrected chi connectivity index (χ2v) is 11.5. The highest BCUT2D eigenvalue weighted by Gasteiger charge is 2.39. The first kappa shape index (κ1) is 24.4. The fraction of sp³-hybridized carbons (Fsp3) is 0.533. The van der Waals surface area contributed by atoms with E-state index >= 15 is 0 Å². The minimum absolute atomic E-state index is 0.161. The van der Waals surface area contributed by atoms with Gasteiger partial charge in [-0.05, 0) is 93.1 Å². The van der Waals surface area contributed by atoms with Crippen molar-refractivity contribution in [3.63, 3.8) is 0 Å². The van der Waals surface area contributed by atoms with Gasteiger partial charge in [-0.25, -0.2) is 0 Å². The van der Waals surface area contributed by atoms with Gasteiger partial charge in [0.25, 0.3) is 5.91 Å². The van der Waals surface area contributed by atoms with Gasteiger partial charge in [0, 0.05) is 23.1 Å².